The molecule has 0 atom stereocenters. The molecular formula is C8H14F3NO4. The topological polar surface area (TPSA) is 48.0 Å². The lowest BCUT2D eigenvalue weighted by atomic mass is 10.1. The molecule has 0 aromatic carbocycles. The van der Waals surface area contributed by atoms with Crippen molar-refractivity contribution in [2.24, 2.45) is 0 Å². The number of rotatable bonds is 5. The molecule has 0 bridgehead atoms. The molecule has 5 nitrogen and oxygen atoms in total. The van der Waals surface area contributed by atoms with Gasteiger partial charge in [0.2, 0.25) is 0 Å². The van der Waals surface area contributed by atoms with Gasteiger partial charge in [0.25, 0.3) is 0 Å². The fourth-order valence-corrected chi connectivity index (χ4v) is 0.898. The molecule has 0 heterocycles. The highest BCUT2D eigenvalue weighted by Crippen LogP contribution is 2.21. The molecule has 0 aliphatic heterocycles. The Morgan fingerprint density at radius 1 is 1.25 bits per heavy atom. The third-order valence-electron chi connectivity index (χ3n) is 1.65. The Balaban J connectivity index is 4.54. The molecule has 0 aliphatic rings. The Morgan fingerprint density at radius 2 is 1.75 bits per heavy atom. The maximum atomic E-state index is 11.9. The molecule has 0 saturated heterocycles. The number of hydrogen-bond donors (Lipinski definition) is 0. The number of carbonyl (C=O) groups excluding carboxylic acids is 1. The first-order valence-corrected chi connectivity index (χ1v) is 4.27. The second-order valence-electron chi connectivity index (χ2n) is 3.38. The third-order valence-corrected chi connectivity index (χ3v) is 1.65. The first kappa shape index (κ1) is 15.1. The zero-order valence-corrected chi connectivity index (χ0v) is 9.42. The molecule has 0 N–H and O–H groups in total. The summed E-state index contributed by atoms with van der Waals surface area (Å²) in [5.74, 6) is -0.781. The van der Waals surface area contributed by atoms with Crippen LogP contribution in [-0.2, 0) is 19.2 Å². The van der Waals surface area contributed by atoms with Gasteiger partial charge >= 0.3 is 12.1 Å². The molecule has 96 valence electrons. The van der Waals surface area contributed by atoms with Gasteiger partial charge in [0.05, 0.1) is 14.2 Å². The van der Waals surface area contributed by atoms with Gasteiger partial charge in [0, 0.05) is 0 Å². The average molecular weight is 245 g/mol. The van der Waals surface area contributed by atoms with Gasteiger partial charge < -0.3 is 4.74 Å². The molecule has 0 spiro atoms. The highest BCUT2D eigenvalue weighted by atomic mass is 19.4. The molecule has 0 amide bonds. The maximum absolute atomic E-state index is 11.9. The highest BCUT2D eigenvalue weighted by molar-refractivity contribution is 5.79. The van der Waals surface area contributed by atoms with Crippen LogP contribution in [0.15, 0.2) is 0 Å². The number of halogens is 3. The number of ether oxygens (including phenoxy) is 1. The normalized spacial score (nSPS) is 13.0. The van der Waals surface area contributed by atoms with Crippen molar-refractivity contribution in [2.45, 2.75) is 25.6 Å². The minimum atomic E-state index is -4.51. The number of alkyl halides is 3. The van der Waals surface area contributed by atoms with Crippen molar-refractivity contribution in [1.29, 1.82) is 0 Å². The molecule has 0 saturated carbocycles. The Kier molecular flexibility index (Phi) is 5.17. The van der Waals surface area contributed by atoms with Crippen molar-refractivity contribution in [3.8, 4) is 0 Å². The number of hydroxylamine groups is 2. The first-order valence-electron chi connectivity index (χ1n) is 4.27. The van der Waals surface area contributed by atoms with E-state index in [1.54, 1.807) is 0 Å². The van der Waals surface area contributed by atoms with E-state index in [4.69, 9.17) is 0 Å². The summed E-state index contributed by atoms with van der Waals surface area (Å²) in [7, 11) is 2.20. The van der Waals surface area contributed by atoms with Gasteiger partial charge in [-0.25, -0.2) is 4.79 Å². The van der Waals surface area contributed by atoms with Crippen LogP contribution in [0.25, 0.3) is 0 Å². The Labute approximate surface area is 91.0 Å². The molecular weight excluding hydrogens is 231 g/mol. The van der Waals surface area contributed by atoms with E-state index in [0.29, 0.717) is 5.23 Å². The van der Waals surface area contributed by atoms with Crippen molar-refractivity contribution in [2.75, 3.05) is 20.8 Å². The van der Waals surface area contributed by atoms with Crippen molar-refractivity contribution in [3.05, 3.63) is 0 Å². The van der Waals surface area contributed by atoms with Crippen molar-refractivity contribution < 1.29 is 32.4 Å². The predicted octanol–water partition coefficient (Wildman–Crippen LogP) is 1.30. The van der Waals surface area contributed by atoms with Gasteiger partial charge in [-0.05, 0) is 19.1 Å². The highest BCUT2D eigenvalue weighted by Gasteiger charge is 2.40. The van der Waals surface area contributed by atoms with Gasteiger partial charge in [0.1, 0.15) is 0 Å². The fraction of sp³-hybridized carbons (Fsp3) is 0.875. The molecule has 0 aromatic heterocycles. The Morgan fingerprint density at radius 3 is 2.06 bits per heavy atom. The molecule has 0 aliphatic carbocycles. The summed E-state index contributed by atoms with van der Waals surface area (Å²) >= 11 is 0. The van der Waals surface area contributed by atoms with Gasteiger partial charge in [-0.3, -0.25) is 9.68 Å². The van der Waals surface area contributed by atoms with Gasteiger partial charge in [0.15, 0.2) is 12.1 Å². The van der Waals surface area contributed by atoms with Gasteiger partial charge in [-0.15, -0.1) is 0 Å². The second kappa shape index (κ2) is 5.46. The zero-order chi connectivity index (χ0) is 13.0. The lowest BCUT2D eigenvalue weighted by Gasteiger charge is -2.32. The fourth-order valence-electron chi connectivity index (χ4n) is 0.898. The number of nitrogens with zero attached hydrogens (tertiary/aromatic N) is 1. The number of esters is 1. The van der Waals surface area contributed by atoms with Gasteiger partial charge in [-0.2, -0.15) is 13.2 Å². The van der Waals surface area contributed by atoms with E-state index in [9.17, 15) is 18.0 Å². The monoisotopic (exact) mass is 245 g/mol. The number of methoxy groups -OCH3 is 1. The van der Waals surface area contributed by atoms with Crippen LogP contribution in [0, 0.1) is 0 Å². The van der Waals surface area contributed by atoms with Crippen LogP contribution in [0.1, 0.15) is 13.8 Å². The molecule has 0 unspecified atom stereocenters. The van der Waals surface area contributed by atoms with Crippen molar-refractivity contribution in [1.82, 2.24) is 5.23 Å². The molecule has 0 rings (SSSR count). The van der Waals surface area contributed by atoms with E-state index >= 15 is 0 Å². The first-order chi connectivity index (χ1) is 7.15. The quantitative estimate of drug-likeness (QED) is 0.539. The largest absolute Gasteiger partial charge is 0.468 e. The third kappa shape index (κ3) is 4.33. The Hall–Kier alpha value is -0.860. The molecule has 0 fully saturated rings. The van der Waals surface area contributed by atoms with Crippen LogP contribution in [0.3, 0.4) is 0 Å². The lowest BCUT2D eigenvalue weighted by Crippen LogP contribution is -2.51. The maximum Gasteiger partial charge on any atom is 0.413 e. The lowest BCUT2D eigenvalue weighted by molar-refractivity contribution is -0.411. The van der Waals surface area contributed by atoms with Crippen LogP contribution in [0.2, 0.25) is 0 Å². The van der Waals surface area contributed by atoms with E-state index in [0.717, 1.165) is 14.2 Å². The van der Waals surface area contributed by atoms with Crippen LogP contribution < -0.4 is 0 Å². The van der Waals surface area contributed by atoms with Crippen LogP contribution in [0.4, 0.5) is 13.2 Å². The summed E-state index contributed by atoms with van der Waals surface area (Å²) in [6.45, 7) is 1.05. The van der Waals surface area contributed by atoms with Crippen LogP contribution in [-0.4, -0.2) is 43.7 Å². The smallest absolute Gasteiger partial charge is 0.413 e. The van der Waals surface area contributed by atoms with Crippen molar-refractivity contribution in [3.63, 3.8) is 0 Å². The minimum absolute atomic E-state index is 0.451. The summed E-state index contributed by atoms with van der Waals surface area (Å²) in [6, 6.07) is 0. The summed E-state index contributed by atoms with van der Waals surface area (Å²) in [6.07, 6.45) is -4.51. The summed E-state index contributed by atoms with van der Waals surface area (Å²) in [5, 5.41) is 0.451. The average Bonchev–Trinajstić information content (AvgIpc) is 2.15. The summed E-state index contributed by atoms with van der Waals surface area (Å²) in [5.41, 5.74) is -1.48. The minimum Gasteiger partial charge on any atom is -0.468 e. The molecule has 0 aromatic rings. The summed E-state index contributed by atoms with van der Waals surface area (Å²) < 4.78 is 40.1. The van der Waals surface area contributed by atoms with Gasteiger partial charge in [-0.1, -0.05) is 0 Å². The van der Waals surface area contributed by atoms with E-state index in [-0.39, 0.29) is 0 Å². The van der Waals surface area contributed by atoms with E-state index in [1.807, 2.05) is 0 Å². The standard InChI is InChI=1S/C8H14F3NO4/c1-7(2,6(13)14-3)12(15-4)16-5-8(9,10)11/h5H2,1-4H3. The predicted molar refractivity (Wildman–Crippen MR) is 47.0 cm³/mol. The second-order valence-corrected chi connectivity index (χ2v) is 3.38. The summed E-state index contributed by atoms with van der Waals surface area (Å²) in [4.78, 5) is 20.1. The van der Waals surface area contributed by atoms with Crippen LogP contribution >= 0.6 is 0 Å². The van der Waals surface area contributed by atoms with E-state index < -0.39 is 24.3 Å². The van der Waals surface area contributed by atoms with E-state index in [1.165, 1.54) is 13.8 Å². The van der Waals surface area contributed by atoms with E-state index in [2.05, 4.69) is 14.4 Å². The number of carbonyl (C=O) groups is 1. The molecule has 8 heteroatoms. The van der Waals surface area contributed by atoms with Crippen LogP contribution in [0.5, 0.6) is 0 Å². The van der Waals surface area contributed by atoms with Crippen molar-refractivity contribution >= 4 is 5.97 Å². The molecule has 0 radical (unpaired) electrons. The molecule has 16 heavy (non-hydrogen) atoms. The number of hydrogen-bond acceptors (Lipinski definition) is 5. The zero-order valence-electron chi connectivity index (χ0n) is 9.42. The Bertz CT molecular complexity index is 242. The SMILES string of the molecule is COC(=O)C(C)(C)N(OC)OCC(F)(F)F.